The van der Waals surface area contributed by atoms with Crippen LogP contribution in [0.15, 0.2) is 47.5 Å². The molecular formula is C21H24N5OP. The van der Waals surface area contributed by atoms with E-state index in [1.807, 2.05) is 40.9 Å². The van der Waals surface area contributed by atoms with Crippen LogP contribution in [0, 0.1) is 12.8 Å². The third-order valence-corrected chi connectivity index (χ3v) is 7.25. The summed E-state index contributed by atoms with van der Waals surface area (Å²) >= 11 is 0. The third kappa shape index (κ3) is 3.21. The van der Waals surface area contributed by atoms with Gasteiger partial charge in [-0.1, -0.05) is 8.58 Å². The molecule has 144 valence electrons. The van der Waals surface area contributed by atoms with Crippen LogP contribution < -0.4 is 0 Å². The summed E-state index contributed by atoms with van der Waals surface area (Å²) in [6, 6.07) is 4.07. The van der Waals surface area contributed by atoms with Gasteiger partial charge in [-0.25, -0.2) is 4.98 Å². The second-order valence-electron chi connectivity index (χ2n) is 7.87. The van der Waals surface area contributed by atoms with Gasteiger partial charge in [-0.05, 0) is 62.9 Å². The molecule has 5 heterocycles. The molecule has 2 aromatic heterocycles. The zero-order chi connectivity index (χ0) is 19.3. The molecule has 2 atom stereocenters. The molecule has 7 heteroatoms. The van der Waals surface area contributed by atoms with E-state index in [9.17, 15) is 4.79 Å². The van der Waals surface area contributed by atoms with Crippen molar-refractivity contribution >= 4 is 31.7 Å². The number of imidazole rings is 1. The van der Waals surface area contributed by atoms with Crippen molar-refractivity contribution in [1.29, 1.82) is 0 Å². The molecule has 0 N–H and O–H groups in total. The number of hydrogen-bond donors (Lipinski definition) is 0. The monoisotopic (exact) mass is 393 g/mol. The minimum Gasteiger partial charge on any atom is -0.306 e. The van der Waals surface area contributed by atoms with Crippen molar-refractivity contribution in [2.75, 3.05) is 20.1 Å². The molecule has 6 nitrogen and oxygen atoms in total. The van der Waals surface area contributed by atoms with Gasteiger partial charge in [0.25, 0.3) is 5.91 Å². The van der Waals surface area contributed by atoms with E-state index in [1.54, 1.807) is 6.08 Å². The van der Waals surface area contributed by atoms with E-state index >= 15 is 0 Å². The zero-order valence-corrected chi connectivity index (χ0v) is 17.2. The first-order valence-electron chi connectivity index (χ1n) is 9.77. The lowest BCUT2D eigenvalue weighted by molar-refractivity contribution is -0.123. The summed E-state index contributed by atoms with van der Waals surface area (Å²) < 4.78 is 2.03. The predicted molar refractivity (Wildman–Crippen MR) is 114 cm³/mol. The van der Waals surface area contributed by atoms with Crippen LogP contribution in [0.2, 0.25) is 0 Å². The Morgan fingerprint density at radius 1 is 1.18 bits per heavy atom. The quantitative estimate of drug-likeness (QED) is 0.737. The van der Waals surface area contributed by atoms with Gasteiger partial charge in [0.1, 0.15) is 5.65 Å². The Morgan fingerprint density at radius 2 is 2.00 bits per heavy atom. The Kier molecular flexibility index (Phi) is 4.41. The number of nitrogens with zero attached hydrogens (tertiary/aromatic N) is 5. The topological polar surface area (TPSA) is 53.2 Å². The normalized spacial score (nSPS) is 24.6. The molecule has 0 saturated carbocycles. The van der Waals surface area contributed by atoms with Crippen molar-refractivity contribution in [3.63, 3.8) is 0 Å². The number of amides is 1. The van der Waals surface area contributed by atoms with Crippen LogP contribution >= 0.6 is 8.58 Å². The molecule has 3 aliphatic heterocycles. The predicted octanol–water partition coefficient (Wildman–Crippen LogP) is 3.10. The molecular weight excluding hydrogens is 369 g/mol. The smallest absolute Gasteiger partial charge is 0.252 e. The van der Waals surface area contributed by atoms with Gasteiger partial charge in [-0.3, -0.25) is 9.79 Å². The highest BCUT2D eigenvalue weighted by molar-refractivity contribution is 7.52. The van der Waals surface area contributed by atoms with Crippen molar-refractivity contribution < 1.29 is 4.79 Å². The molecule has 0 radical (unpaired) electrons. The zero-order valence-electron chi connectivity index (χ0n) is 16.2. The van der Waals surface area contributed by atoms with Crippen LogP contribution in [0.1, 0.15) is 24.1 Å². The summed E-state index contributed by atoms with van der Waals surface area (Å²) in [5.74, 6) is 0.543. The molecule has 2 aromatic rings. The molecule has 1 saturated heterocycles. The summed E-state index contributed by atoms with van der Waals surface area (Å²) in [7, 11) is 2.65. The number of rotatable bonds is 2. The second-order valence-corrected chi connectivity index (χ2v) is 9.29. The van der Waals surface area contributed by atoms with E-state index in [0.29, 0.717) is 14.5 Å². The van der Waals surface area contributed by atoms with Gasteiger partial charge in [-0.15, -0.1) is 0 Å². The number of hydrogen-bond acceptors (Lipinski definition) is 4. The van der Waals surface area contributed by atoms with Crippen LogP contribution in [0.5, 0.6) is 0 Å². The van der Waals surface area contributed by atoms with Crippen molar-refractivity contribution in [3.8, 4) is 0 Å². The average molecular weight is 393 g/mol. The van der Waals surface area contributed by atoms with E-state index in [-0.39, 0.29) is 11.7 Å². The Bertz CT molecular complexity index is 1030. The maximum atomic E-state index is 12.9. The fourth-order valence-electron chi connectivity index (χ4n) is 4.15. The largest absolute Gasteiger partial charge is 0.306 e. The standard InChI is InChI=1S/C21H24N5OP/c1-14-11-25-12-16(3-4-19(25)23-14)18-9-20(27)26-13-17(22-10-21(26)28-18)15-5-7-24(2)8-6-15/h3-4,9-13,15,21,28H,5-8H2,1-2H3. The van der Waals surface area contributed by atoms with Crippen LogP contribution in [0.25, 0.3) is 11.0 Å². The number of carbonyl (C=O) groups is 1. The van der Waals surface area contributed by atoms with Gasteiger partial charge < -0.3 is 14.2 Å². The van der Waals surface area contributed by atoms with Crippen molar-refractivity contribution in [3.05, 3.63) is 53.8 Å². The number of aromatic nitrogens is 2. The molecule has 2 unspecified atom stereocenters. The maximum absolute atomic E-state index is 12.9. The summed E-state index contributed by atoms with van der Waals surface area (Å²) in [4.78, 5) is 26.4. The van der Waals surface area contributed by atoms with Crippen LogP contribution in [-0.4, -0.2) is 57.2 Å². The number of pyridine rings is 1. The summed E-state index contributed by atoms with van der Waals surface area (Å²) in [5.41, 5.74) is 4.06. The number of carbonyl (C=O) groups excluding carboxylic acids is 1. The molecule has 0 spiro atoms. The second kappa shape index (κ2) is 6.94. The van der Waals surface area contributed by atoms with Gasteiger partial charge >= 0.3 is 0 Å². The van der Waals surface area contributed by atoms with Crippen molar-refractivity contribution in [2.45, 2.75) is 25.5 Å². The first-order chi connectivity index (χ1) is 13.6. The lowest BCUT2D eigenvalue weighted by Gasteiger charge is -2.36. The van der Waals surface area contributed by atoms with Crippen LogP contribution in [0.4, 0.5) is 0 Å². The lowest BCUT2D eigenvalue weighted by atomic mass is 9.94. The lowest BCUT2D eigenvalue weighted by Crippen LogP contribution is -2.39. The molecule has 0 aliphatic carbocycles. The molecule has 28 heavy (non-hydrogen) atoms. The Morgan fingerprint density at radius 3 is 2.82 bits per heavy atom. The summed E-state index contributed by atoms with van der Waals surface area (Å²) in [6.07, 6.45) is 12.1. The molecule has 1 fully saturated rings. The van der Waals surface area contributed by atoms with Crippen molar-refractivity contribution in [2.24, 2.45) is 10.9 Å². The van der Waals surface area contributed by atoms with Gasteiger partial charge in [-0.2, -0.15) is 0 Å². The first-order valence-corrected chi connectivity index (χ1v) is 10.9. The number of piperidine rings is 1. The van der Waals surface area contributed by atoms with Crippen LogP contribution in [0.3, 0.4) is 0 Å². The Balaban J connectivity index is 1.40. The highest BCUT2D eigenvalue weighted by atomic mass is 31.1. The van der Waals surface area contributed by atoms with Gasteiger partial charge in [0.15, 0.2) is 0 Å². The number of aryl methyl sites for hydroxylation is 1. The maximum Gasteiger partial charge on any atom is 0.252 e. The molecule has 5 rings (SSSR count). The van der Waals surface area contributed by atoms with E-state index in [0.717, 1.165) is 53.8 Å². The molecule has 0 aromatic carbocycles. The van der Waals surface area contributed by atoms with Gasteiger partial charge in [0.05, 0.1) is 17.2 Å². The highest BCUT2D eigenvalue weighted by Gasteiger charge is 2.31. The number of likely N-dealkylation sites (tertiary alicyclic amines) is 1. The summed E-state index contributed by atoms with van der Waals surface area (Å²) in [5, 5.41) is 1.09. The van der Waals surface area contributed by atoms with Gasteiger partial charge in [0.2, 0.25) is 0 Å². The fraction of sp³-hybridized carbons (Fsp3) is 0.381. The third-order valence-electron chi connectivity index (χ3n) is 5.78. The molecule has 1 amide bonds. The average Bonchev–Trinajstić information content (AvgIpc) is 3.07. The molecule has 0 bridgehead atoms. The first kappa shape index (κ1) is 17.8. The number of fused-ring (bicyclic) bond motifs is 2. The number of allylic oxidation sites excluding steroid dienone is 1. The van der Waals surface area contributed by atoms with E-state index in [1.165, 1.54) is 0 Å². The Labute approximate surface area is 166 Å². The summed E-state index contributed by atoms with van der Waals surface area (Å²) in [6.45, 7) is 4.18. The minimum absolute atomic E-state index is 0.0303. The Hall–Kier alpha value is -2.30. The van der Waals surface area contributed by atoms with E-state index in [2.05, 4.69) is 29.2 Å². The fourth-order valence-corrected chi connectivity index (χ4v) is 5.48. The SMILES string of the molecule is Cc1cn2cc(C3=CC(=O)N4C=C(C5CCN(C)CC5)N=CC4P3)ccc2n1. The van der Waals surface area contributed by atoms with Gasteiger partial charge in [0, 0.05) is 36.8 Å². The van der Waals surface area contributed by atoms with E-state index in [4.69, 9.17) is 4.99 Å². The highest BCUT2D eigenvalue weighted by Crippen LogP contribution is 2.43. The molecule has 3 aliphatic rings. The van der Waals surface area contributed by atoms with Crippen LogP contribution in [-0.2, 0) is 4.79 Å². The van der Waals surface area contributed by atoms with E-state index < -0.39 is 0 Å². The van der Waals surface area contributed by atoms with Crippen molar-refractivity contribution in [1.82, 2.24) is 19.2 Å². The minimum atomic E-state index is 0.0303. The number of aliphatic imine (C=N–C) groups is 1.